The van der Waals surface area contributed by atoms with Gasteiger partial charge >= 0.3 is 0 Å². The normalized spacial score (nSPS) is 10.7. The summed E-state index contributed by atoms with van der Waals surface area (Å²) in [7, 11) is 0. The van der Waals surface area contributed by atoms with Crippen LogP contribution in [0.3, 0.4) is 0 Å². The van der Waals surface area contributed by atoms with Crippen LogP contribution in [0.5, 0.6) is 0 Å². The van der Waals surface area contributed by atoms with Crippen LogP contribution < -0.4 is 5.32 Å². The van der Waals surface area contributed by atoms with E-state index in [9.17, 15) is 4.79 Å². The molecule has 0 radical (unpaired) electrons. The first kappa shape index (κ1) is 19.2. The number of thioether (sulfide) groups is 1. The van der Waals surface area contributed by atoms with E-state index in [0.717, 1.165) is 15.7 Å². The van der Waals surface area contributed by atoms with E-state index in [4.69, 9.17) is 23.2 Å². The van der Waals surface area contributed by atoms with Crippen LogP contribution in [0.1, 0.15) is 17.5 Å². The second kappa shape index (κ2) is 9.37. The van der Waals surface area contributed by atoms with Crippen LogP contribution in [0.4, 0.5) is 5.13 Å². The van der Waals surface area contributed by atoms with Gasteiger partial charge in [0.25, 0.3) is 0 Å². The first-order valence-corrected chi connectivity index (χ1v) is 10.4. The number of rotatable bonds is 7. The fourth-order valence-electron chi connectivity index (χ4n) is 2.17. The Morgan fingerprint density at radius 1 is 1.04 bits per heavy atom. The Balaban J connectivity index is 1.47. The standard InChI is InChI=1S/C18H15Cl2N3OS2/c19-14-8-6-12(10-15(14)20)7-9-16(24)21-17-22-23-18(26-17)25-11-13-4-2-1-3-5-13/h1-6,8,10H,7,9,11H2,(H,21,22,24). The number of amides is 1. The predicted octanol–water partition coefficient (Wildman–Crippen LogP) is 5.71. The second-order valence-corrected chi connectivity index (χ2v) is 8.46. The molecular formula is C18H15Cl2N3OS2. The largest absolute Gasteiger partial charge is 0.300 e. The first-order chi connectivity index (χ1) is 12.6. The van der Waals surface area contributed by atoms with Crippen LogP contribution in [0.15, 0.2) is 52.9 Å². The molecule has 0 bridgehead atoms. The molecule has 0 atom stereocenters. The van der Waals surface area contributed by atoms with E-state index in [0.29, 0.717) is 28.0 Å². The summed E-state index contributed by atoms with van der Waals surface area (Å²) in [6, 6.07) is 15.5. The molecule has 4 nitrogen and oxygen atoms in total. The number of nitrogens with one attached hydrogen (secondary N) is 1. The lowest BCUT2D eigenvalue weighted by atomic mass is 10.1. The predicted molar refractivity (Wildman–Crippen MR) is 109 cm³/mol. The lowest BCUT2D eigenvalue weighted by Crippen LogP contribution is -2.12. The lowest BCUT2D eigenvalue weighted by Gasteiger charge is -2.03. The summed E-state index contributed by atoms with van der Waals surface area (Å²) in [6.45, 7) is 0. The van der Waals surface area contributed by atoms with Crippen molar-refractivity contribution in [2.75, 3.05) is 5.32 Å². The Kier molecular flexibility index (Phi) is 6.91. The Morgan fingerprint density at radius 3 is 2.62 bits per heavy atom. The number of aryl methyl sites for hydroxylation is 1. The highest BCUT2D eigenvalue weighted by atomic mass is 35.5. The molecule has 0 saturated carbocycles. The van der Waals surface area contributed by atoms with Crippen molar-refractivity contribution in [2.24, 2.45) is 0 Å². The van der Waals surface area contributed by atoms with Crippen LogP contribution in [-0.2, 0) is 17.0 Å². The summed E-state index contributed by atoms with van der Waals surface area (Å²) >= 11 is 14.9. The number of carbonyl (C=O) groups excluding carboxylic acids is 1. The van der Waals surface area contributed by atoms with Crippen LogP contribution in [0.2, 0.25) is 10.0 Å². The molecule has 0 unspecified atom stereocenters. The summed E-state index contributed by atoms with van der Waals surface area (Å²) in [6.07, 6.45) is 0.918. The monoisotopic (exact) mass is 423 g/mol. The third-order valence-electron chi connectivity index (χ3n) is 3.48. The van der Waals surface area contributed by atoms with Gasteiger partial charge in [0.05, 0.1) is 10.0 Å². The zero-order valence-electron chi connectivity index (χ0n) is 13.6. The van der Waals surface area contributed by atoms with E-state index in [1.807, 2.05) is 24.3 Å². The lowest BCUT2D eigenvalue weighted by molar-refractivity contribution is -0.116. The van der Waals surface area contributed by atoms with Crippen LogP contribution in [0.25, 0.3) is 0 Å². The zero-order chi connectivity index (χ0) is 18.4. The van der Waals surface area contributed by atoms with E-state index in [2.05, 4.69) is 27.6 Å². The van der Waals surface area contributed by atoms with Gasteiger partial charge in [0.15, 0.2) is 4.34 Å². The number of aromatic nitrogens is 2. The number of hydrogen-bond acceptors (Lipinski definition) is 5. The van der Waals surface area contributed by atoms with Crippen LogP contribution in [0, 0.1) is 0 Å². The molecule has 0 saturated heterocycles. The summed E-state index contributed by atoms with van der Waals surface area (Å²) in [5, 5.41) is 12.4. The van der Waals surface area contributed by atoms with Gasteiger partial charge in [-0.2, -0.15) is 0 Å². The smallest absolute Gasteiger partial charge is 0.226 e. The average molecular weight is 424 g/mol. The van der Waals surface area contributed by atoms with Gasteiger partial charge in [0.2, 0.25) is 11.0 Å². The van der Waals surface area contributed by atoms with Crippen molar-refractivity contribution < 1.29 is 4.79 Å². The third-order valence-corrected chi connectivity index (χ3v) is 6.26. The quantitative estimate of drug-likeness (QED) is 0.390. The Morgan fingerprint density at radius 2 is 1.85 bits per heavy atom. The molecule has 0 aliphatic carbocycles. The van der Waals surface area contributed by atoms with Crippen LogP contribution in [-0.4, -0.2) is 16.1 Å². The second-order valence-electron chi connectivity index (χ2n) is 5.44. The Bertz CT molecular complexity index is 887. The maximum absolute atomic E-state index is 12.1. The van der Waals surface area contributed by atoms with Crippen molar-refractivity contribution in [1.82, 2.24) is 10.2 Å². The van der Waals surface area contributed by atoms with Crippen molar-refractivity contribution in [2.45, 2.75) is 22.9 Å². The minimum atomic E-state index is -0.105. The SMILES string of the molecule is O=C(CCc1ccc(Cl)c(Cl)c1)Nc1nnc(SCc2ccccc2)s1. The highest BCUT2D eigenvalue weighted by Gasteiger charge is 2.10. The highest BCUT2D eigenvalue weighted by molar-refractivity contribution is 8.00. The number of halogens is 2. The molecule has 8 heteroatoms. The minimum absolute atomic E-state index is 0.105. The maximum atomic E-state index is 12.1. The van der Waals surface area contributed by atoms with Crippen molar-refractivity contribution in [1.29, 1.82) is 0 Å². The molecule has 1 N–H and O–H groups in total. The fourth-order valence-corrected chi connectivity index (χ4v) is 4.22. The van der Waals surface area contributed by atoms with Crippen molar-refractivity contribution >= 4 is 57.3 Å². The van der Waals surface area contributed by atoms with E-state index >= 15 is 0 Å². The van der Waals surface area contributed by atoms with Gasteiger partial charge in [-0.25, -0.2) is 0 Å². The number of anilines is 1. The molecule has 3 rings (SSSR count). The molecule has 1 aromatic heterocycles. The van der Waals surface area contributed by atoms with Crippen molar-refractivity contribution in [3.8, 4) is 0 Å². The van der Waals surface area contributed by atoms with E-state index in [-0.39, 0.29) is 5.91 Å². The molecule has 1 heterocycles. The summed E-state index contributed by atoms with van der Waals surface area (Å²) in [5.74, 6) is 0.715. The number of nitrogens with zero attached hydrogens (tertiary/aromatic N) is 2. The molecule has 2 aromatic carbocycles. The van der Waals surface area contributed by atoms with Gasteiger partial charge in [-0.05, 0) is 29.7 Å². The molecule has 3 aromatic rings. The van der Waals surface area contributed by atoms with Gasteiger partial charge in [0, 0.05) is 12.2 Å². The fraction of sp³-hybridized carbons (Fsp3) is 0.167. The number of carbonyl (C=O) groups is 1. The Hall–Kier alpha value is -1.60. The zero-order valence-corrected chi connectivity index (χ0v) is 16.8. The van der Waals surface area contributed by atoms with E-state index < -0.39 is 0 Å². The van der Waals surface area contributed by atoms with E-state index in [1.165, 1.54) is 16.9 Å². The first-order valence-electron chi connectivity index (χ1n) is 7.84. The Labute approximate surface area is 169 Å². The van der Waals surface area contributed by atoms with Crippen molar-refractivity contribution in [3.05, 3.63) is 69.7 Å². The van der Waals surface area contributed by atoms with E-state index in [1.54, 1.807) is 23.9 Å². The van der Waals surface area contributed by atoms with Gasteiger partial charge in [-0.3, -0.25) is 4.79 Å². The topological polar surface area (TPSA) is 54.9 Å². The van der Waals surface area contributed by atoms with Crippen molar-refractivity contribution in [3.63, 3.8) is 0 Å². The highest BCUT2D eigenvalue weighted by Crippen LogP contribution is 2.28. The molecule has 26 heavy (non-hydrogen) atoms. The summed E-state index contributed by atoms with van der Waals surface area (Å²) in [4.78, 5) is 12.1. The van der Waals surface area contributed by atoms with Gasteiger partial charge in [-0.1, -0.05) is 82.7 Å². The van der Waals surface area contributed by atoms with Gasteiger partial charge in [-0.15, -0.1) is 10.2 Å². The van der Waals surface area contributed by atoms with Gasteiger partial charge in [0.1, 0.15) is 0 Å². The van der Waals surface area contributed by atoms with Crippen LogP contribution >= 0.6 is 46.3 Å². The van der Waals surface area contributed by atoms with Gasteiger partial charge < -0.3 is 5.32 Å². The molecule has 134 valence electrons. The minimum Gasteiger partial charge on any atom is -0.300 e. The third kappa shape index (κ3) is 5.71. The number of hydrogen-bond donors (Lipinski definition) is 1. The summed E-state index contributed by atoms with van der Waals surface area (Å²) in [5.41, 5.74) is 2.19. The molecule has 0 spiro atoms. The molecular weight excluding hydrogens is 409 g/mol. The summed E-state index contributed by atoms with van der Waals surface area (Å²) < 4.78 is 0.827. The molecule has 1 amide bonds. The number of benzene rings is 2. The average Bonchev–Trinajstić information content (AvgIpc) is 3.09. The molecule has 0 aliphatic heterocycles. The molecule has 0 aliphatic rings. The molecule has 0 fully saturated rings. The maximum Gasteiger partial charge on any atom is 0.226 e.